The number of hydrogen-bond donors (Lipinski definition) is 16. The molecule has 0 radical (unpaired) electrons. The van der Waals surface area contributed by atoms with Crippen molar-refractivity contribution in [1.29, 1.82) is 0 Å². The molecule has 11 amide bonds. The topological polar surface area (TPSA) is 471 Å². The van der Waals surface area contributed by atoms with Crippen LogP contribution in [0.15, 0.2) is 79.0 Å². The third kappa shape index (κ3) is 23.4. The maximum atomic E-state index is 15.1. The number of aromatic amines is 1. The number of carbonyl (C=O) groups is 12. The molecule has 4 aromatic rings. The van der Waals surface area contributed by atoms with Crippen LogP contribution >= 0.6 is 21.6 Å². The molecule has 3 aliphatic rings. The fraction of sp³-hybridized carbons (Fsp3) is 0.515. The van der Waals surface area contributed by atoms with E-state index in [1.807, 2.05) is 18.2 Å². The molecule has 1 aliphatic carbocycles. The summed E-state index contributed by atoms with van der Waals surface area (Å²) in [6, 6.07) is 6.83. The van der Waals surface area contributed by atoms with Crippen molar-refractivity contribution in [1.82, 2.24) is 57.7 Å². The quantitative estimate of drug-likeness (QED) is 0.0391. The average molecular weight is 1380 g/mol. The predicted molar refractivity (Wildman–Crippen MR) is 362 cm³/mol. The van der Waals surface area contributed by atoms with Crippen LogP contribution in [0.3, 0.4) is 0 Å². The lowest BCUT2D eigenvalue weighted by Crippen LogP contribution is -2.62. The third-order valence-electron chi connectivity index (χ3n) is 17.3. The molecular formula is C66H90N14O15S2. The zero-order chi connectivity index (χ0) is 70.0. The van der Waals surface area contributed by atoms with Crippen molar-refractivity contribution in [2.24, 2.45) is 23.1 Å². The van der Waals surface area contributed by atoms with E-state index in [1.165, 1.54) is 41.3 Å². The van der Waals surface area contributed by atoms with Crippen molar-refractivity contribution >= 4 is 103 Å². The lowest BCUT2D eigenvalue weighted by atomic mass is 9.79. The van der Waals surface area contributed by atoms with Crippen LogP contribution in [0.25, 0.3) is 10.9 Å². The van der Waals surface area contributed by atoms with Gasteiger partial charge >= 0.3 is 5.97 Å². The fourth-order valence-corrected chi connectivity index (χ4v) is 14.0. The van der Waals surface area contributed by atoms with Gasteiger partial charge in [0.1, 0.15) is 65.9 Å². The van der Waals surface area contributed by atoms with Gasteiger partial charge in [0.15, 0.2) is 0 Å². The number of aromatic nitrogens is 1. The number of nitrogens with two attached hydrogens (primary N) is 3. The second-order valence-electron chi connectivity index (χ2n) is 24.5. The number of hydrogen-bond acceptors (Lipinski definition) is 18. The monoisotopic (exact) mass is 1380 g/mol. The van der Waals surface area contributed by atoms with Gasteiger partial charge in [0.25, 0.3) is 0 Å². The first kappa shape index (κ1) is 75.4. The first-order valence-electron chi connectivity index (χ1n) is 32.9. The Hall–Kier alpha value is -8.94. The average Bonchev–Trinajstić information content (AvgIpc) is 1.80. The van der Waals surface area contributed by atoms with Crippen molar-refractivity contribution < 1.29 is 72.9 Å². The number of carbonyl (C=O) groups excluding carboxylic acids is 11. The molecule has 2 aliphatic heterocycles. The number of aromatic hydroxyl groups is 2. The van der Waals surface area contributed by atoms with Crippen LogP contribution < -0.4 is 65.1 Å². The van der Waals surface area contributed by atoms with E-state index in [0.29, 0.717) is 81.0 Å². The van der Waals surface area contributed by atoms with E-state index < -0.39 is 138 Å². The van der Waals surface area contributed by atoms with E-state index in [4.69, 9.17) is 17.2 Å². The van der Waals surface area contributed by atoms with Gasteiger partial charge in [-0.25, -0.2) is 0 Å². The van der Waals surface area contributed by atoms with Gasteiger partial charge in [-0.1, -0.05) is 76.9 Å². The predicted octanol–water partition coefficient (Wildman–Crippen LogP) is 0.176. The molecule has 526 valence electrons. The van der Waals surface area contributed by atoms with Gasteiger partial charge in [0.2, 0.25) is 65.0 Å². The normalized spacial score (nSPS) is 23.2. The second-order valence-corrected chi connectivity index (χ2v) is 27.1. The van der Waals surface area contributed by atoms with E-state index in [1.54, 1.807) is 24.4 Å². The summed E-state index contributed by atoms with van der Waals surface area (Å²) in [5.41, 5.74) is 19.8. The zero-order valence-electron chi connectivity index (χ0n) is 54.0. The third-order valence-corrected chi connectivity index (χ3v) is 19.7. The minimum atomic E-state index is -1.58. The van der Waals surface area contributed by atoms with Gasteiger partial charge < -0.3 is 90.3 Å². The van der Waals surface area contributed by atoms with Crippen molar-refractivity contribution in [3.8, 4) is 11.5 Å². The molecule has 3 heterocycles. The van der Waals surface area contributed by atoms with Crippen LogP contribution in [0, 0.1) is 5.92 Å². The minimum Gasteiger partial charge on any atom is -0.508 e. The molecule has 1 aromatic heterocycles. The van der Waals surface area contributed by atoms with Crippen LogP contribution in [0.2, 0.25) is 0 Å². The molecule has 19 N–H and O–H groups in total. The van der Waals surface area contributed by atoms with Crippen LogP contribution in [-0.2, 0) is 76.8 Å². The highest BCUT2D eigenvalue weighted by atomic mass is 33.1. The maximum absolute atomic E-state index is 15.1. The van der Waals surface area contributed by atoms with Crippen molar-refractivity contribution in [3.63, 3.8) is 0 Å². The molecule has 9 atom stereocenters. The molecule has 2 saturated heterocycles. The Labute approximate surface area is 569 Å². The highest BCUT2D eigenvalue weighted by Crippen LogP contribution is 2.31. The number of rotatable bonds is 21. The summed E-state index contributed by atoms with van der Waals surface area (Å²) in [6.07, 6.45) is 4.73. The van der Waals surface area contributed by atoms with Gasteiger partial charge in [-0.3, -0.25) is 57.5 Å². The number of primary amides is 1. The Morgan fingerprint density at radius 1 is 0.629 bits per heavy atom. The number of nitrogens with one attached hydrogen (secondary N) is 10. The number of para-hydroxylation sites is 1. The number of benzene rings is 3. The Bertz CT molecular complexity index is 3390. The molecule has 31 heteroatoms. The van der Waals surface area contributed by atoms with Crippen molar-refractivity contribution in [2.45, 2.75) is 170 Å². The summed E-state index contributed by atoms with van der Waals surface area (Å²) in [6.45, 7) is 0.736. The fourth-order valence-electron chi connectivity index (χ4n) is 11.6. The molecule has 1 saturated carbocycles. The number of likely N-dealkylation sites (tertiary alicyclic amines) is 1. The van der Waals surface area contributed by atoms with E-state index in [2.05, 4.69) is 52.8 Å². The van der Waals surface area contributed by atoms with Gasteiger partial charge in [-0.05, 0) is 124 Å². The molecule has 0 bridgehead atoms. The van der Waals surface area contributed by atoms with E-state index in [0.717, 1.165) is 32.5 Å². The number of H-pyrrole nitrogens is 1. The molecule has 3 fully saturated rings. The highest BCUT2D eigenvalue weighted by Gasteiger charge is 2.40. The minimum absolute atomic E-state index is 0.0251. The maximum Gasteiger partial charge on any atom is 0.303 e. The number of aliphatic carboxylic acids is 1. The highest BCUT2D eigenvalue weighted by molar-refractivity contribution is 8.76. The summed E-state index contributed by atoms with van der Waals surface area (Å²) in [7, 11) is 1.85. The first-order valence-corrected chi connectivity index (χ1v) is 35.4. The Balaban J connectivity index is 1.22. The lowest BCUT2D eigenvalue weighted by molar-refractivity contribution is -0.139. The SMILES string of the molecule is NCCCC[C@@H]1NC(=O)[C@H](Cc2ccc(O)cc2)NC(=O)[C@H](C2CCC2)NC(=O)[C@@H](NC(=O)[C@H](Cc2ccc(O)cc2)NC(=O)[C@@H]2CCCN2C(=O)CCN)CSSC[C@@H](C(N)=O)NC(=O)[C@H](CCC(=O)O)NC(=O)[C@H](Cc2c[nH]c3ccccc23)NC(=O)CCCCCNC1=O. The number of unbranched alkanes of at least 4 members (excludes halogenated alkanes) is 1. The number of phenols is 2. The lowest BCUT2D eigenvalue weighted by Gasteiger charge is -2.35. The summed E-state index contributed by atoms with van der Waals surface area (Å²) in [5.74, 6) is -10.9. The smallest absolute Gasteiger partial charge is 0.303 e. The summed E-state index contributed by atoms with van der Waals surface area (Å²) >= 11 is 0. The standard InChI is InChI=1S/C66H90N14O15S2/c67-28-6-5-14-46-59(88)70-30-7-1-2-16-54(83)72-50(34-41-35-71-45-13-4-3-12-44(41)45)63(92)74-47(25-26-56(85)86)60(89)77-51(58(69)87)36-96-97-37-52(64(93)79-57(40-10-8-11-40)66(95)76-49(61(90)73-46)33-39-19-23-43(82)24-20-39)78-62(91)48(32-38-17-21-42(81)22-18-38)75-65(94)53-15-9-31-80(53)55(84)27-29-68/h3-4,12-13,17-24,35,40,46-53,57,71,81-82H,1-2,5-11,14-16,25-34,36-37,67-68H2,(H2,69,87)(H,70,88)(H,72,83)(H,73,90)(H,74,92)(H,75,94)(H,76,95)(H,77,89)(H,78,91)(H,79,93)(H,85,86)/t46-,47-,48-,49-,50-,51-,52-,53-,57-/m0/s1. The Kier molecular flexibility index (Phi) is 29.6. The number of amides is 11. The van der Waals surface area contributed by atoms with Crippen molar-refractivity contribution in [3.05, 3.63) is 95.7 Å². The van der Waals surface area contributed by atoms with Crippen LogP contribution in [0.1, 0.15) is 113 Å². The van der Waals surface area contributed by atoms with Crippen LogP contribution in [0.4, 0.5) is 0 Å². The van der Waals surface area contributed by atoms with Gasteiger partial charge in [0.05, 0.1) is 0 Å². The zero-order valence-corrected chi connectivity index (χ0v) is 55.6. The number of nitrogens with zero attached hydrogens (tertiary/aromatic N) is 1. The Morgan fingerprint density at radius 3 is 1.94 bits per heavy atom. The van der Waals surface area contributed by atoms with E-state index >= 15 is 4.79 Å². The first-order chi connectivity index (χ1) is 46.6. The van der Waals surface area contributed by atoms with E-state index in [9.17, 15) is 68.1 Å². The van der Waals surface area contributed by atoms with E-state index in [-0.39, 0.29) is 93.5 Å². The largest absolute Gasteiger partial charge is 0.508 e. The summed E-state index contributed by atoms with van der Waals surface area (Å²) < 4.78 is 0. The number of phenolic OH excluding ortho intramolecular Hbond substituents is 2. The molecule has 3 aromatic carbocycles. The Morgan fingerprint density at radius 2 is 1.28 bits per heavy atom. The summed E-state index contributed by atoms with van der Waals surface area (Å²) in [4.78, 5) is 173. The van der Waals surface area contributed by atoms with Crippen LogP contribution in [-0.4, -0.2) is 188 Å². The molecule has 97 heavy (non-hydrogen) atoms. The van der Waals surface area contributed by atoms with Crippen molar-refractivity contribution in [2.75, 3.05) is 37.7 Å². The second kappa shape index (κ2) is 38.1. The molecular weight excluding hydrogens is 1290 g/mol. The molecule has 7 rings (SSSR count). The van der Waals surface area contributed by atoms with Crippen LogP contribution in [0.5, 0.6) is 11.5 Å². The number of fused-ring (bicyclic) bond motifs is 1. The molecule has 0 spiro atoms. The molecule has 0 unspecified atom stereocenters. The number of carboxylic acid groups (broad SMARTS) is 1. The number of carboxylic acids is 1. The van der Waals surface area contributed by atoms with Gasteiger partial charge in [-0.15, -0.1) is 0 Å². The molecule has 29 nitrogen and oxygen atoms in total. The van der Waals surface area contributed by atoms with Gasteiger partial charge in [0, 0.05) is 86.8 Å². The van der Waals surface area contributed by atoms with Gasteiger partial charge in [-0.2, -0.15) is 0 Å². The summed E-state index contributed by atoms with van der Waals surface area (Å²) in [5, 5.41) is 55.6.